The van der Waals surface area contributed by atoms with Crippen molar-refractivity contribution < 1.29 is 23.8 Å². The molecular formula is C26H30N6O5. The highest BCUT2D eigenvalue weighted by atomic mass is 16.5. The summed E-state index contributed by atoms with van der Waals surface area (Å²) in [5, 5.41) is 2.69. The predicted molar refractivity (Wildman–Crippen MR) is 137 cm³/mol. The van der Waals surface area contributed by atoms with Crippen molar-refractivity contribution in [3.63, 3.8) is 0 Å². The monoisotopic (exact) mass is 506 g/mol. The van der Waals surface area contributed by atoms with Gasteiger partial charge in [0.05, 0.1) is 43.2 Å². The standard InChI is InChI=1S/C26H30N6O5/c1-17(13-27)28-14-18(2)31-25(33)19-10-21(36-20-4-8-35-9-5-20)12-22(11-19)37-24-16-29-23(15-30-24)26(34)32-6-3-7-32/h10-16,20H,2-9,27H2,1H3,(H,31,33)/b17-13-,28-14-. The molecular weight excluding hydrogens is 476 g/mol. The Kier molecular flexibility index (Phi) is 8.47. The van der Waals surface area contributed by atoms with Crippen LogP contribution < -0.4 is 20.5 Å². The van der Waals surface area contributed by atoms with Crippen LogP contribution in [0.4, 0.5) is 0 Å². The second kappa shape index (κ2) is 12.1. The van der Waals surface area contributed by atoms with E-state index >= 15 is 0 Å². The molecule has 2 aliphatic rings. The van der Waals surface area contributed by atoms with Crippen LogP contribution in [-0.4, -0.2) is 65.3 Å². The number of allylic oxidation sites excluding steroid dienone is 2. The molecule has 0 unspecified atom stereocenters. The van der Waals surface area contributed by atoms with E-state index in [2.05, 4.69) is 26.9 Å². The second-order valence-corrected chi connectivity index (χ2v) is 8.66. The fourth-order valence-corrected chi connectivity index (χ4v) is 3.57. The van der Waals surface area contributed by atoms with Gasteiger partial charge in [-0.1, -0.05) is 6.58 Å². The van der Waals surface area contributed by atoms with Gasteiger partial charge in [-0.15, -0.1) is 0 Å². The van der Waals surface area contributed by atoms with Gasteiger partial charge in [-0.25, -0.2) is 9.97 Å². The van der Waals surface area contributed by atoms with Crippen LogP contribution in [0.5, 0.6) is 17.4 Å². The third-order valence-electron chi connectivity index (χ3n) is 5.77. The summed E-state index contributed by atoms with van der Waals surface area (Å²) in [5.74, 6) is 0.391. The minimum Gasteiger partial charge on any atom is -0.490 e. The summed E-state index contributed by atoms with van der Waals surface area (Å²) in [6.45, 7) is 8.21. The van der Waals surface area contributed by atoms with E-state index in [4.69, 9.17) is 19.9 Å². The van der Waals surface area contributed by atoms with Crippen LogP contribution in [0.15, 0.2) is 59.8 Å². The molecule has 2 aromatic rings. The van der Waals surface area contributed by atoms with E-state index in [-0.39, 0.29) is 34.8 Å². The van der Waals surface area contributed by atoms with Crippen LogP contribution in [0.25, 0.3) is 0 Å². The molecule has 2 aliphatic heterocycles. The molecule has 1 aromatic heterocycles. The van der Waals surface area contributed by atoms with Crippen molar-refractivity contribution in [2.24, 2.45) is 10.7 Å². The Bertz CT molecular complexity index is 1200. The maximum absolute atomic E-state index is 13.0. The van der Waals surface area contributed by atoms with Crippen molar-refractivity contribution in [2.45, 2.75) is 32.3 Å². The van der Waals surface area contributed by atoms with Gasteiger partial charge in [-0.05, 0) is 25.5 Å². The predicted octanol–water partition coefficient (Wildman–Crippen LogP) is 2.81. The smallest absolute Gasteiger partial charge is 0.274 e. The maximum atomic E-state index is 13.0. The summed E-state index contributed by atoms with van der Waals surface area (Å²) in [5.41, 5.74) is 6.83. The van der Waals surface area contributed by atoms with Crippen molar-refractivity contribution in [3.05, 3.63) is 66.0 Å². The fourth-order valence-electron chi connectivity index (χ4n) is 3.57. The fraction of sp³-hybridized carbons (Fsp3) is 0.346. The molecule has 0 saturated carbocycles. The average molecular weight is 507 g/mol. The van der Waals surface area contributed by atoms with E-state index in [1.54, 1.807) is 30.0 Å². The van der Waals surface area contributed by atoms with Crippen LogP contribution in [0.1, 0.15) is 47.0 Å². The largest absolute Gasteiger partial charge is 0.490 e. The zero-order valence-corrected chi connectivity index (χ0v) is 20.7. The van der Waals surface area contributed by atoms with E-state index in [0.29, 0.717) is 30.4 Å². The Balaban J connectivity index is 1.51. The number of aromatic nitrogens is 2. The zero-order chi connectivity index (χ0) is 26.2. The molecule has 11 heteroatoms. The van der Waals surface area contributed by atoms with Crippen molar-refractivity contribution in [3.8, 4) is 17.4 Å². The Labute approximate surface area is 215 Å². The highest BCUT2D eigenvalue weighted by molar-refractivity contribution is 5.99. The normalized spacial score (nSPS) is 16.2. The number of likely N-dealkylation sites (tertiary alicyclic amines) is 1. The Morgan fingerprint density at radius 3 is 2.59 bits per heavy atom. The van der Waals surface area contributed by atoms with Gasteiger partial charge in [0, 0.05) is 43.8 Å². The average Bonchev–Trinajstić information content (AvgIpc) is 2.87. The lowest BCUT2D eigenvalue weighted by molar-refractivity contribution is 0.0254. The van der Waals surface area contributed by atoms with Crippen LogP contribution in [-0.2, 0) is 4.74 Å². The first-order valence-electron chi connectivity index (χ1n) is 12.0. The highest BCUT2D eigenvalue weighted by Gasteiger charge is 2.23. The van der Waals surface area contributed by atoms with Gasteiger partial charge >= 0.3 is 0 Å². The quantitative estimate of drug-likeness (QED) is 0.495. The van der Waals surface area contributed by atoms with Crippen molar-refractivity contribution in [2.75, 3.05) is 26.3 Å². The first kappa shape index (κ1) is 25.8. The summed E-state index contributed by atoms with van der Waals surface area (Å²) in [6.07, 6.45) is 7.96. The Morgan fingerprint density at radius 2 is 1.95 bits per heavy atom. The van der Waals surface area contributed by atoms with E-state index in [1.807, 2.05) is 0 Å². The SMILES string of the molecule is C=C(/C=N\C(C)=C/N)NC(=O)c1cc(Oc2cnc(C(=O)N3CCC3)cn2)cc(OC2CCOCC2)c1. The molecule has 0 aliphatic carbocycles. The number of carbonyl (C=O) groups is 2. The second-order valence-electron chi connectivity index (χ2n) is 8.66. The van der Waals surface area contributed by atoms with Crippen molar-refractivity contribution in [1.29, 1.82) is 0 Å². The van der Waals surface area contributed by atoms with Gasteiger partial charge in [0.2, 0.25) is 5.88 Å². The molecule has 3 heterocycles. The lowest BCUT2D eigenvalue weighted by Crippen LogP contribution is -2.42. The minimum atomic E-state index is -0.422. The lowest BCUT2D eigenvalue weighted by Gasteiger charge is -2.30. The number of nitrogens with two attached hydrogens (primary N) is 1. The molecule has 2 saturated heterocycles. The Hall–Kier alpha value is -4.25. The summed E-state index contributed by atoms with van der Waals surface area (Å²) in [4.78, 5) is 39.5. The zero-order valence-electron chi connectivity index (χ0n) is 20.7. The molecule has 0 radical (unpaired) electrons. The van der Waals surface area contributed by atoms with Crippen molar-refractivity contribution >= 4 is 18.0 Å². The van der Waals surface area contributed by atoms with Gasteiger partial charge in [0.1, 0.15) is 23.3 Å². The maximum Gasteiger partial charge on any atom is 0.274 e. The van der Waals surface area contributed by atoms with E-state index in [1.165, 1.54) is 24.8 Å². The first-order chi connectivity index (χ1) is 17.9. The summed E-state index contributed by atoms with van der Waals surface area (Å²) < 4.78 is 17.4. The molecule has 2 fully saturated rings. The first-order valence-corrected chi connectivity index (χ1v) is 12.0. The molecule has 0 atom stereocenters. The summed E-state index contributed by atoms with van der Waals surface area (Å²) in [7, 11) is 0. The molecule has 11 nitrogen and oxygen atoms in total. The number of amides is 2. The molecule has 0 bridgehead atoms. The van der Waals surface area contributed by atoms with Gasteiger partial charge in [0.15, 0.2) is 0 Å². The number of rotatable bonds is 9. The number of carbonyl (C=O) groups excluding carboxylic acids is 2. The van der Waals surface area contributed by atoms with Crippen LogP contribution in [0, 0.1) is 0 Å². The van der Waals surface area contributed by atoms with E-state index in [9.17, 15) is 9.59 Å². The highest BCUT2D eigenvalue weighted by Crippen LogP contribution is 2.28. The number of aliphatic imine (C=N–C) groups is 1. The number of nitrogens with zero attached hydrogens (tertiary/aromatic N) is 4. The number of nitrogens with one attached hydrogen (secondary N) is 1. The van der Waals surface area contributed by atoms with Gasteiger partial charge < -0.3 is 30.2 Å². The van der Waals surface area contributed by atoms with Crippen LogP contribution >= 0.6 is 0 Å². The third-order valence-corrected chi connectivity index (χ3v) is 5.77. The number of hydrogen-bond donors (Lipinski definition) is 2. The van der Waals surface area contributed by atoms with Crippen molar-refractivity contribution in [1.82, 2.24) is 20.2 Å². The third kappa shape index (κ3) is 7.14. The molecule has 4 rings (SSSR count). The topological polar surface area (TPSA) is 141 Å². The van der Waals surface area contributed by atoms with Gasteiger partial charge in [0.25, 0.3) is 11.8 Å². The number of hydrogen-bond acceptors (Lipinski definition) is 9. The summed E-state index contributed by atoms with van der Waals surface area (Å²) in [6, 6.07) is 4.87. The lowest BCUT2D eigenvalue weighted by atomic mass is 10.1. The van der Waals surface area contributed by atoms with Gasteiger partial charge in [-0.2, -0.15) is 0 Å². The molecule has 3 N–H and O–H groups in total. The Morgan fingerprint density at radius 1 is 1.19 bits per heavy atom. The van der Waals surface area contributed by atoms with E-state index < -0.39 is 5.91 Å². The van der Waals surface area contributed by atoms with Crippen LogP contribution in [0.2, 0.25) is 0 Å². The number of ether oxygens (including phenoxy) is 3. The molecule has 0 spiro atoms. The molecule has 194 valence electrons. The van der Waals surface area contributed by atoms with Crippen LogP contribution in [0.3, 0.4) is 0 Å². The van der Waals surface area contributed by atoms with Gasteiger partial charge in [-0.3, -0.25) is 14.6 Å². The molecule has 2 amide bonds. The summed E-state index contributed by atoms with van der Waals surface area (Å²) >= 11 is 0. The molecule has 1 aromatic carbocycles. The minimum absolute atomic E-state index is 0.0420. The van der Waals surface area contributed by atoms with E-state index in [0.717, 1.165) is 32.4 Å². The molecule has 37 heavy (non-hydrogen) atoms. The number of benzene rings is 1.